The lowest BCUT2D eigenvalue weighted by molar-refractivity contribution is -0.141. The summed E-state index contributed by atoms with van der Waals surface area (Å²) in [7, 11) is -2.23. The van der Waals surface area contributed by atoms with Gasteiger partial charge in [-0.3, -0.25) is 4.79 Å². The van der Waals surface area contributed by atoms with Gasteiger partial charge in [0.1, 0.15) is 0 Å². The predicted octanol–water partition coefficient (Wildman–Crippen LogP) is 5.48. The molecule has 5 nitrogen and oxygen atoms in total. The first-order chi connectivity index (χ1) is 13.8. The summed E-state index contributed by atoms with van der Waals surface area (Å²) >= 11 is 6.18. The molecule has 1 atom stereocenters. The van der Waals surface area contributed by atoms with Crippen LogP contribution >= 0.6 is 11.6 Å². The van der Waals surface area contributed by atoms with E-state index in [0.717, 1.165) is 30.0 Å². The van der Waals surface area contributed by atoms with Crippen molar-refractivity contribution in [1.82, 2.24) is 3.97 Å². The maximum absolute atomic E-state index is 13.3. The largest absolute Gasteiger partial charge is 0.469 e. The molecule has 1 unspecified atom stereocenters. The second-order valence-electron chi connectivity index (χ2n) is 7.32. The minimum atomic E-state index is -3.57. The molecule has 0 radical (unpaired) electrons. The smallest absolute Gasteiger partial charge is 0.312 e. The normalized spacial score (nSPS) is 13.1. The van der Waals surface area contributed by atoms with Crippen molar-refractivity contribution < 1.29 is 17.9 Å². The second kappa shape index (κ2) is 8.76. The molecule has 3 rings (SSSR count). The van der Waals surface area contributed by atoms with Gasteiger partial charge in [0.2, 0.25) is 10.0 Å². The van der Waals surface area contributed by atoms with E-state index in [4.69, 9.17) is 16.3 Å². The average Bonchev–Trinajstić information content (AvgIpc) is 3.03. The van der Waals surface area contributed by atoms with Crippen LogP contribution in [0.1, 0.15) is 51.0 Å². The SMILES string of the molecule is CCCCCCS(=O)(=O)n1c2ccc(Cl)cc2c2ccc(C(C)C(=O)OC)cc21. The highest BCUT2D eigenvalue weighted by Crippen LogP contribution is 2.34. The van der Waals surface area contributed by atoms with E-state index in [1.807, 2.05) is 12.1 Å². The van der Waals surface area contributed by atoms with Crippen molar-refractivity contribution in [2.24, 2.45) is 0 Å². The van der Waals surface area contributed by atoms with Gasteiger partial charge in [0.05, 0.1) is 29.8 Å². The minimum absolute atomic E-state index is 0.0747. The van der Waals surface area contributed by atoms with Crippen LogP contribution in [0.4, 0.5) is 0 Å². The Morgan fingerprint density at radius 3 is 2.52 bits per heavy atom. The Balaban J connectivity index is 2.20. The number of methoxy groups -OCH3 is 1. The van der Waals surface area contributed by atoms with Crippen LogP contribution in [-0.2, 0) is 19.6 Å². The molecule has 156 valence electrons. The zero-order valence-corrected chi connectivity index (χ0v) is 18.5. The zero-order valence-electron chi connectivity index (χ0n) is 16.9. The fraction of sp³-hybridized carbons (Fsp3) is 0.409. The molecule has 1 heterocycles. The minimum Gasteiger partial charge on any atom is -0.469 e. The third kappa shape index (κ3) is 4.28. The molecule has 7 heteroatoms. The van der Waals surface area contributed by atoms with Crippen molar-refractivity contribution in [3.8, 4) is 0 Å². The molecule has 0 spiro atoms. The van der Waals surface area contributed by atoms with Gasteiger partial charge in [-0.1, -0.05) is 49.9 Å². The van der Waals surface area contributed by atoms with Crippen molar-refractivity contribution in [3.05, 3.63) is 47.0 Å². The topological polar surface area (TPSA) is 65.4 Å². The molecule has 29 heavy (non-hydrogen) atoms. The maximum Gasteiger partial charge on any atom is 0.312 e. The first-order valence-corrected chi connectivity index (χ1v) is 11.8. The molecule has 0 aliphatic rings. The number of carbonyl (C=O) groups excluding carboxylic acids is 1. The summed E-state index contributed by atoms with van der Waals surface area (Å²) in [5.74, 6) is -0.783. The van der Waals surface area contributed by atoms with Crippen LogP contribution in [0.25, 0.3) is 21.8 Å². The average molecular weight is 436 g/mol. The number of esters is 1. The number of nitrogens with zero attached hydrogens (tertiary/aromatic N) is 1. The highest BCUT2D eigenvalue weighted by Gasteiger charge is 2.23. The lowest BCUT2D eigenvalue weighted by atomic mass is 10.00. The Bertz CT molecular complexity index is 1150. The Kier molecular flexibility index (Phi) is 6.54. The van der Waals surface area contributed by atoms with Crippen LogP contribution in [0.5, 0.6) is 0 Å². The van der Waals surface area contributed by atoms with Crippen LogP contribution in [-0.4, -0.2) is 31.2 Å². The second-order valence-corrected chi connectivity index (χ2v) is 9.70. The standard InChI is InChI=1S/C22H26ClNO4S/c1-4-5-6-7-12-29(26,27)24-20-11-9-17(23)14-19(20)18-10-8-16(13-21(18)24)15(2)22(25)28-3/h8-11,13-15H,4-7,12H2,1-3H3. The molecule has 3 aromatic rings. The summed E-state index contributed by atoms with van der Waals surface area (Å²) in [4.78, 5) is 12.0. The van der Waals surface area contributed by atoms with E-state index >= 15 is 0 Å². The monoisotopic (exact) mass is 435 g/mol. The number of unbranched alkanes of at least 4 members (excludes halogenated alkanes) is 3. The maximum atomic E-state index is 13.3. The van der Waals surface area contributed by atoms with E-state index < -0.39 is 15.9 Å². The van der Waals surface area contributed by atoms with Gasteiger partial charge in [0, 0.05) is 15.8 Å². The van der Waals surface area contributed by atoms with E-state index in [2.05, 4.69) is 6.92 Å². The number of halogens is 1. The summed E-state index contributed by atoms with van der Waals surface area (Å²) in [5, 5.41) is 2.12. The lowest BCUT2D eigenvalue weighted by Crippen LogP contribution is -2.17. The first kappa shape index (κ1) is 21.7. The Hall–Kier alpha value is -2.05. The number of hydrogen-bond donors (Lipinski definition) is 0. The van der Waals surface area contributed by atoms with Crippen molar-refractivity contribution in [2.75, 3.05) is 12.9 Å². The lowest BCUT2D eigenvalue weighted by Gasteiger charge is -2.12. The van der Waals surface area contributed by atoms with Crippen molar-refractivity contribution >= 4 is 49.4 Å². The molecule has 0 amide bonds. The van der Waals surface area contributed by atoms with E-state index in [-0.39, 0.29) is 11.7 Å². The Labute approximate surface area is 176 Å². The Morgan fingerprint density at radius 1 is 1.07 bits per heavy atom. The van der Waals surface area contributed by atoms with E-state index in [0.29, 0.717) is 28.0 Å². The van der Waals surface area contributed by atoms with Gasteiger partial charge in [0.25, 0.3) is 0 Å². The highest BCUT2D eigenvalue weighted by molar-refractivity contribution is 7.90. The molecule has 0 aliphatic heterocycles. The number of ether oxygens (including phenoxy) is 1. The van der Waals surface area contributed by atoms with Gasteiger partial charge in [0.15, 0.2) is 0 Å². The molecule has 0 N–H and O–H groups in total. The summed E-state index contributed by atoms with van der Waals surface area (Å²) in [5.41, 5.74) is 1.87. The van der Waals surface area contributed by atoms with Gasteiger partial charge >= 0.3 is 5.97 Å². The number of fused-ring (bicyclic) bond motifs is 3. The van der Waals surface area contributed by atoms with Crippen molar-refractivity contribution in [1.29, 1.82) is 0 Å². The molecule has 0 fully saturated rings. The van der Waals surface area contributed by atoms with Crippen LogP contribution in [0.2, 0.25) is 5.02 Å². The molecular weight excluding hydrogens is 410 g/mol. The molecule has 2 aromatic carbocycles. The fourth-order valence-corrected chi connectivity index (χ4v) is 5.49. The van der Waals surface area contributed by atoms with E-state index in [9.17, 15) is 13.2 Å². The van der Waals surface area contributed by atoms with Crippen LogP contribution in [0.3, 0.4) is 0 Å². The number of rotatable bonds is 8. The van der Waals surface area contributed by atoms with Crippen LogP contribution < -0.4 is 0 Å². The molecule has 0 saturated heterocycles. The molecular formula is C22H26ClNO4S. The van der Waals surface area contributed by atoms with Gasteiger partial charge in [-0.05, 0) is 43.2 Å². The van der Waals surface area contributed by atoms with Crippen LogP contribution in [0.15, 0.2) is 36.4 Å². The number of aromatic nitrogens is 1. The first-order valence-electron chi connectivity index (χ1n) is 9.85. The third-order valence-electron chi connectivity index (χ3n) is 5.30. The van der Waals surface area contributed by atoms with E-state index in [1.54, 1.807) is 31.2 Å². The van der Waals surface area contributed by atoms with Gasteiger partial charge in [-0.2, -0.15) is 0 Å². The van der Waals surface area contributed by atoms with Gasteiger partial charge in [-0.25, -0.2) is 12.4 Å². The van der Waals surface area contributed by atoms with Crippen LogP contribution in [0, 0.1) is 0 Å². The predicted molar refractivity (Wildman–Crippen MR) is 118 cm³/mol. The molecule has 1 aromatic heterocycles. The summed E-state index contributed by atoms with van der Waals surface area (Å²) in [6.07, 6.45) is 3.55. The zero-order chi connectivity index (χ0) is 21.2. The molecule has 0 saturated carbocycles. The van der Waals surface area contributed by atoms with Gasteiger partial charge < -0.3 is 4.74 Å². The Morgan fingerprint density at radius 2 is 1.83 bits per heavy atom. The summed E-state index contributed by atoms with van der Waals surface area (Å²) in [6, 6.07) is 10.7. The summed E-state index contributed by atoms with van der Waals surface area (Å²) < 4.78 is 32.8. The number of benzene rings is 2. The molecule has 0 bridgehead atoms. The summed E-state index contributed by atoms with van der Waals surface area (Å²) in [6.45, 7) is 3.84. The quantitative estimate of drug-likeness (QED) is 0.347. The van der Waals surface area contributed by atoms with E-state index in [1.165, 1.54) is 11.1 Å². The van der Waals surface area contributed by atoms with Crippen molar-refractivity contribution in [3.63, 3.8) is 0 Å². The van der Waals surface area contributed by atoms with Gasteiger partial charge in [-0.15, -0.1) is 0 Å². The molecule has 0 aliphatic carbocycles. The number of carbonyl (C=O) groups is 1. The fourth-order valence-electron chi connectivity index (χ4n) is 3.66. The highest BCUT2D eigenvalue weighted by atomic mass is 35.5. The number of hydrogen-bond acceptors (Lipinski definition) is 4. The third-order valence-corrected chi connectivity index (χ3v) is 7.29. The van der Waals surface area contributed by atoms with Crippen molar-refractivity contribution in [2.45, 2.75) is 45.4 Å².